The van der Waals surface area contributed by atoms with Crippen molar-refractivity contribution in [2.24, 2.45) is 0 Å². The number of halogens is 1. The van der Waals surface area contributed by atoms with Crippen molar-refractivity contribution < 1.29 is 0 Å². The number of hydrogen-bond donors (Lipinski definition) is 0. The van der Waals surface area contributed by atoms with Gasteiger partial charge in [-0.3, -0.25) is 0 Å². The molecule has 0 saturated carbocycles. The minimum atomic E-state index is 0.649. The van der Waals surface area contributed by atoms with Gasteiger partial charge in [-0.2, -0.15) is 0 Å². The molecule has 0 atom stereocenters. The summed E-state index contributed by atoms with van der Waals surface area (Å²) in [4.78, 5) is 6.85. The van der Waals surface area contributed by atoms with E-state index in [2.05, 4.69) is 69.1 Å². The molecule has 0 unspecified atom stereocenters. The number of nitrogens with zero attached hydrogens (tertiary/aromatic N) is 2. The highest BCUT2D eigenvalue weighted by Crippen LogP contribution is 2.32. The van der Waals surface area contributed by atoms with Crippen LogP contribution in [0.1, 0.15) is 17.0 Å². The van der Waals surface area contributed by atoms with Crippen LogP contribution in [0.5, 0.6) is 0 Å². The molecule has 18 heavy (non-hydrogen) atoms. The van der Waals surface area contributed by atoms with Crippen LogP contribution in [0.15, 0.2) is 47.1 Å². The minimum Gasteiger partial charge on any atom is -0.355 e. The van der Waals surface area contributed by atoms with Gasteiger partial charge in [0.25, 0.3) is 0 Å². The number of hydrogen-bond acceptors (Lipinski definition) is 2. The minimum absolute atomic E-state index is 0.649. The third kappa shape index (κ3) is 2.15. The summed E-state index contributed by atoms with van der Waals surface area (Å²) >= 11 is 3.45. The molecule has 2 nitrogen and oxygen atoms in total. The Morgan fingerprint density at radius 3 is 2.61 bits per heavy atom. The Kier molecular flexibility index (Phi) is 3.08. The first-order valence-corrected chi connectivity index (χ1v) is 6.95. The molecule has 0 radical (unpaired) electrons. The second-order valence-electron chi connectivity index (χ2n) is 4.81. The van der Waals surface area contributed by atoms with Crippen LogP contribution in [0.4, 0.5) is 5.82 Å². The normalized spacial score (nSPS) is 15.6. The Morgan fingerprint density at radius 2 is 1.94 bits per heavy atom. The van der Waals surface area contributed by atoms with E-state index in [4.69, 9.17) is 0 Å². The number of aryl methyl sites for hydroxylation is 1. The van der Waals surface area contributed by atoms with Crippen molar-refractivity contribution >= 4 is 21.7 Å². The van der Waals surface area contributed by atoms with E-state index in [1.807, 2.05) is 6.20 Å². The highest BCUT2D eigenvalue weighted by Gasteiger charge is 2.29. The Hall–Kier alpha value is -1.35. The zero-order chi connectivity index (χ0) is 12.5. The fourth-order valence-corrected chi connectivity index (χ4v) is 2.90. The van der Waals surface area contributed by atoms with E-state index < -0.39 is 0 Å². The van der Waals surface area contributed by atoms with Gasteiger partial charge in [0.15, 0.2) is 0 Å². The third-order valence-electron chi connectivity index (χ3n) is 3.47. The van der Waals surface area contributed by atoms with Gasteiger partial charge in [-0.15, -0.1) is 0 Å². The Labute approximate surface area is 116 Å². The average molecular weight is 303 g/mol. The number of anilines is 1. The largest absolute Gasteiger partial charge is 0.355 e. The van der Waals surface area contributed by atoms with Gasteiger partial charge in [0.2, 0.25) is 0 Å². The lowest BCUT2D eigenvalue weighted by molar-refractivity contribution is 0.519. The first-order valence-electron chi connectivity index (χ1n) is 6.16. The molecule has 0 N–H and O–H groups in total. The van der Waals surface area contributed by atoms with Gasteiger partial charge in [0.1, 0.15) is 5.82 Å². The van der Waals surface area contributed by atoms with Crippen molar-refractivity contribution in [2.75, 3.05) is 18.0 Å². The van der Waals surface area contributed by atoms with Gasteiger partial charge in [-0.1, -0.05) is 30.3 Å². The fourth-order valence-electron chi connectivity index (χ4n) is 2.45. The first-order chi connectivity index (χ1) is 8.74. The summed E-state index contributed by atoms with van der Waals surface area (Å²) in [7, 11) is 0. The topological polar surface area (TPSA) is 16.1 Å². The molecule has 92 valence electrons. The van der Waals surface area contributed by atoms with Crippen LogP contribution in [0.25, 0.3) is 0 Å². The zero-order valence-corrected chi connectivity index (χ0v) is 11.9. The highest BCUT2D eigenvalue weighted by atomic mass is 79.9. The maximum Gasteiger partial charge on any atom is 0.131 e. The number of pyridine rings is 1. The first kappa shape index (κ1) is 11.7. The van der Waals surface area contributed by atoms with Crippen LogP contribution in [-0.4, -0.2) is 18.1 Å². The van der Waals surface area contributed by atoms with Crippen LogP contribution < -0.4 is 4.90 Å². The second kappa shape index (κ2) is 4.73. The Bertz CT molecular complexity index is 548. The number of rotatable bonds is 2. The van der Waals surface area contributed by atoms with Crippen molar-refractivity contribution in [1.29, 1.82) is 0 Å². The SMILES string of the molecule is Cc1cc(Br)cnc1N1CC(c2ccccc2)C1. The molecule has 3 heteroatoms. The molecule has 0 aliphatic carbocycles. The summed E-state index contributed by atoms with van der Waals surface area (Å²) in [6.45, 7) is 4.25. The van der Waals surface area contributed by atoms with Gasteiger partial charge in [-0.05, 0) is 40.0 Å². The summed E-state index contributed by atoms with van der Waals surface area (Å²) in [6, 6.07) is 12.8. The molecule has 0 spiro atoms. The van der Waals surface area contributed by atoms with Crippen LogP contribution in [0.3, 0.4) is 0 Å². The molecular formula is C15H15BrN2. The standard InChI is InChI=1S/C15H15BrN2/c1-11-7-14(16)8-17-15(11)18-9-13(10-18)12-5-3-2-4-6-12/h2-8,13H,9-10H2,1H3. The summed E-state index contributed by atoms with van der Waals surface area (Å²) in [5.41, 5.74) is 2.67. The molecule has 2 heterocycles. The van der Waals surface area contributed by atoms with E-state index in [9.17, 15) is 0 Å². The van der Waals surface area contributed by atoms with Gasteiger partial charge in [0.05, 0.1) is 0 Å². The van der Waals surface area contributed by atoms with Gasteiger partial charge in [-0.25, -0.2) is 4.98 Å². The van der Waals surface area contributed by atoms with Crippen molar-refractivity contribution in [3.8, 4) is 0 Å². The molecule has 0 amide bonds. The van der Waals surface area contributed by atoms with Crippen molar-refractivity contribution in [3.05, 3.63) is 58.2 Å². The summed E-state index contributed by atoms with van der Waals surface area (Å²) in [5, 5.41) is 0. The van der Waals surface area contributed by atoms with E-state index in [0.29, 0.717) is 5.92 Å². The molecule has 1 fully saturated rings. The lowest BCUT2D eigenvalue weighted by Crippen LogP contribution is -2.45. The molecule has 1 aromatic heterocycles. The molecular weight excluding hydrogens is 288 g/mol. The van der Waals surface area contributed by atoms with E-state index >= 15 is 0 Å². The lowest BCUT2D eigenvalue weighted by Gasteiger charge is -2.41. The second-order valence-corrected chi connectivity index (χ2v) is 5.72. The number of aromatic nitrogens is 1. The predicted molar refractivity (Wildman–Crippen MR) is 78.1 cm³/mol. The average Bonchev–Trinajstić information content (AvgIpc) is 2.31. The van der Waals surface area contributed by atoms with E-state index in [-0.39, 0.29) is 0 Å². The lowest BCUT2D eigenvalue weighted by atomic mass is 9.91. The van der Waals surface area contributed by atoms with Crippen molar-refractivity contribution in [3.63, 3.8) is 0 Å². The summed E-state index contributed by atoms with van der Waals surface area (Å²) < 4.78 is 1.05. The maximum atomic E-state index is 4.51. The van der Waals surface area contributed by atoms with Gasteiger partial charge in [0, 0.05) is 29.7 Å². The van der Waals surface area contributed by atoms with E-state index in [0.717, 1.165) is 23.4 Å². The molecule has 3 rings (SSSR count). The van der Waals surface area contributed by atoms with Gasteiger partial charge < -0.3 is 4.90 Å². The maximum absolute atomic E-state index is 4.51. The van der Waals surface area contributed by atoms with Crippen LogP contribution in [-0.2, 0) is 0 Å². The molecule has 1 aromatic carbocycles. The molecule has 0 bridgehead atoms. The zero-order valence-electron chi connectivity index (χ0n) is 10.3. The molecule has 1 saturated heterocycles. The third-order valence-corrected chi connectivity index (χ3v) is 3.90. The number of benzene rings is 1. The fraction of sp³-hybridized carbons (Fsp3) is 0.267. The van der Waals surface area contributed by atoms with Gasteiger partial charge >= 0.3 is 0 Å². The van der Waals surface area contributed by atoms with E-state index in [1.165, 1.54) is 11.1 Å². The summed E-state index contributed by atoms with van der Waals surface area (Å²) in [5.74, 6) is 1.77. The van der Waals surface area contributed by atoms with Crippen LogP contribution in [0, 0.1) is 6.92 Å². The Balaban J connectivity index is 1.72. The van der Waals surface area contributed by atoms with Crippen LogP contribution >= 0.6 is 15.9 Å². The molecule has 1 aliphatic heterocycles. The van der Waals surface area contributed by atoms with Crippen LogP contribution in [0.2, 0.25) is 0 Å². The van der Waals surface area contributed by atoms with Crippen molar-refractivity contribution in [1.82, 2.24) is 4.98 Å². The molecule has 1 aliphatic rings. The quantitative estimate of drug-likeness (QED) is 0.840. The Morgan fingerprint density at radius 1 is 1.22 bits per heavy atom. The van der Waals surface area contributed by atoms with Crippen molar-refractivity contribution in [2.45, 2.75) is 12.8 Å². The monoisotopic (exact) mass is 302 g/mol. The molecule has 2 aromatic rings. The van der Waals surface area contributed by atoms with E-state index in [1.54, 1.807) is 0 Å². The predicted octanol–water partition coefficient (Wildman–Crippen LogP) is 3.76. The highest BCUT2D eigenvalue weighted by molar-refractivity contribution is 9.10. The smallest absolute Gasteiger partial charge is 0.131 e. The summed E-state index contributed by atoms with van der Waals surface area (Å²) in [6.07, 6.45) is 1.87.